The van der Waals surface area contributed by atoms with Gasteiger partial charge in [0.25, 0.3) is 0 Å². The Kier molecular flexibility index (Phi) is 10.3. The first kappa shape index (κ1) is 22.7. The predicted octanol–water partition coefficient (Wildman–Crippen LogP) is 2.72. The Balaban J connectivity index is 1.76. The zero-order chi connectivity index (χ0) is 20.1. The molecule has 0 radical (unpaired) electrons. The summed E-state index contributed by atoms with van der Waals surface area (Å²) in [5.74, 6) is 0.758. The zero-order valence-electron chi connectivity index (χ0n) is 17.5. The van der Waals surface area contributed by atoms with Gasteiger partial charge in [0, 0.05) is 33.4 Å². The average Bonchev–Trinajstić information content (AvgIpc) is 3.18. The minimum absolute atomic E-state index is 0.260. The molecule has 1 aliphatic carbocycles. The summed E-state index contributed by atoms with van der Waals surface area (Å²) in [6, 6.07) is 9.99. The van der Waals surface area contributed by atoms with E-state index in [-0.39, 0.29) is 5.41 Å². The predicted molar refractivity (Wildman–Crippen MR) is 113 cm³/mol. The summed E-state index contributed by atoms with van der Waals surface area (Å²) in [6.45, 7) is 5.63. The van der Waals surface area contributed by atoms with Crippen LogP contribution in [-0.4, -0.2) is 57.1 Å². The van der Waals surface area contributed by atoms with Crippen LogP contribution in [0.2, 0.25) is 0 Å². The maximum Gasteiger partial charge on any atom is 0.191 e. The van der Waals surface area contributed by atoms with Crippen molar-refractivity contribution in [2.75, 3.05) is 40.0 Å². The summed E-state index contributed by atoms with van der Waals surface area (Å²) in [6.07, 6.45) is 5.47. The molecule has 1 aromatic rings. The smallest absolute Gasteiger partial charge is 0.191 e. The van der Waals surface area contributed by atoms with E-state index in [4.69, 9.17) is 14.5 Å². The largest absolute Gasteiger partial charge is 0.389 e. The summed E-state index contributed by atoms with van der Waals surface area (Å²) >= 11 is 0. The van der Waals surface area contributed by atoms with Gasteiger partial charge in [0.15, 0.2) is 5.96 Å². The molecule has 28 heavy (non-hydrogen) atoms. The second-order valence-corrected chi connectivity index (χ2v) is 7.68. The fourth-order valence-corrected chi connectivity index (χ4v) is 3.68. The van der Waals surface area contributed by atoms with Crippen molar-refractivity contribution in [3.05, 3.63) is 35.9 Å². The van der Waals surface area contributed by atoms with Crippen LogP contribution in [-0.2, 0) is 16.1 Å². The van der Waals surface area contributed by atoms with Gasteiger partial charge < -0.3 is 25.2 Å². The van der Waals surface area contributed by atoms with Crippen molar-refractivity contribution in [3.8, 4) is 0 Å². The van der Waals surface area contributed by atoms with Gasteiger partial charge in [-0.1, -0.05) is 43.2 Å². The molecule has 1 saturated carbocycles. The Morgan fingerprint density at radius 1 is 1.21 bits per heavy atom. The maximum absolute atomic E-state index is 10.2. The van der Waals surface area contributed by atoms with Gasteiger partial charge in [0.1, 0.15) is 0 Å². The Hall–Kier alpha value is -1.63. The lowest BCUT2D eigenvalue weighted by atomic mass is 9.83. The Labute approximate surface area is 169 Å². The summed E-state index contributed by atoms with van der Waals surface area (Å²) in [5, 5.41) is 16.7. The van der Waals surface area contributed by atoms with Crippen LogP contribution in [0.25, 0.3) is 0 Å². The van der Waals surface area contributed by atoms with E-state index >= 15 is 0 Å². The van der Waals surface area contributed by atoms with Gasteiger partial charge in [-0.15, -0.1) is 0 Å². The van der Waals surface area contributed by atoms with Crippen LogP contribution < -0.4 is 10.6 Å². The summed E-state index contributed by atoms with van der Waals surface area (Å²) in [4.78, 5) is 4.81. The molecule has 0 aliphatic heterocycles. The van der Waals surface area contributed by atoms with Gasteiger partial charge in [-0.2, -0.15) is 0 Å². The molecule has 1 aliphatic rings. The number of guanidine groups is 1. The molecule has 0 aromatic heterocycles. The quantitative estimate of drug-likeness (QED) is 0.377. The molecular weight excluding hydrogens is 354 g/mol. The SMILES string of the molecule is CCNC(=NCC1(CCOC)CCCC1)NCC(O)COCc1ccccc1. The Morgan fingerprint density at radius 2 is 1.96 bits per heavy atom. The zero-order valence-corrected chi connectivity index (χ0v) is 17.5. The van der Waals surface area contributed by atoms with Crippen molar-refractivity contribution in [2.45, 2.75) is 51.7 Å². The van der Waals surface area contributed by atoms with E-state index in [1.165, 1.54) is 25.7 Å². The number of rotatable bonds is 12. The molecule has 2 rings (SSSR count). The summed E-state index contributed by atoms with van der Waals surface area (Å²) in [5.41, 5.74) is 1.37. The molecule has 1 unspecified atom stereocenters. The number of hydrogen-bond donors (Lipinski definition) is 3. The molecule has 1 fully saturated rings. The van der Waals surface area contributed by atoms with Crippen molar-refractivity contribution in [2.24, 2.45) is 10.4 Å². The topological polar surface area (TPSA) is 75.1 Å². The number of nitrogens with zero attached hydrogens (tertiary/aromatic N) is 1. The average molecular weight is 392 g/mol. The Morgan fingerprint density at radius 3 is 2.64 bits per heavy atom. The van der Waals surface area contributed by atoms with Gasteiger partial charge >= 0.3 is 0 Å². The van der Waals surface area contributed by atoms with E-state index in [0.717, 1.165) is 37.6 Å². The molecule has 0 saturated heterocycles. The minimum Gasteiger partial charge on any atom is -0.389 e. The highest BCUT2D eigenvalue weighted by atomic mass is 16.5. The molecule has 158 valence electrons. The van der Waals surface area contributed by atoms with E-state index in [0.29, 0.717) is 19.8 Å². The fourth-order valence-electron chi connectivity index (χ4n) is 3.68. The van der Waals surface area contributed by atoms with Gasteiger partial charge in [-0.3, -0.25) is 4.99 Å². The van der Waals surface area contributed by atoms with Crippen LogP contribution in [0.3, 0.4) is 0 Å². The van der Waals surface area contributed by atoms with E-state index < -0.39 is 6.10 Å². The Bertz CT molecular complexity index is 559. The highest BCUT2D eigenvalue weighted by Crippen LogP contribution is 2.41. The number of ether oxygens (including phenoxy) is 2. The molecular formula is C22H37N3O3. The third-order valence-electron chi connectivity index (χ3n) is 5.34. The molecule has 6 nitrogen and oxygen atoms in total. The van der Waals surface area contributed by atoms with E-state index in [2.05, 4.69) is 10.6 Å². The minimum atomic E-state index is -0.582. The van der Waals surface area contributed by atoms with Crippen molar-refractivity contribution >= 4 is 5.96 Å². The number of aliphatic imine (C=N–C) groups is 1. The van der Waals surface area contributed by atoms with Crippen LogP contribution >= 0.6 is 0 Å². The number of methoxy groups -OCH3 is 1. The number of aliphatic hydroxyl groups is 1. The maximum atomic E-state index is 10.2. The summed E-state index contributed by atoms with van der Waals surface area (Å²) < 4.78 is 10.9. The highest BCUT2D eigenvalue weighted by Gasteiger charge is 2.33. The van der Waals surface area contributed by atoms with Crippen LogP contribution in [0.15, 0.2) is 35.3 Å². The number of hydrogen-bond acceptors (Lipinski definition) is 4. The summed E-state index contributed by atoms with van der Waals surface area (Å²) in [7, 11) is 1.76. The number of nitrogens with one attached hydrogen (secondary N) is 2. The van der Waals surface area contributed by atoms with Crippen molar-refractivity contribution in [1.29, 1.82) is 0 Å². The lowest BCUT2D eigenvalue weighted by Gasteiger charge is -2.27. The van der Waals surface area contributed by atoms with Gasteiger partial charge in [0.05, 0.1) is 19.3 Å². The van der Waals surface area contributed by atoms with Crippen LogP contribution in [0.1, 0.15) is 44.6 Å². The molecule has 0 bridgehead atoms. The van der Waals surface area contributed by atoms with Crippen molar-refractivity contribution in [3.63, 3.8) is 0 Å². The first-order valence-corrected chi connectivity index (χ1v) is 10.5. The third kappa shape index (κ3) is 8.17. The van der Waals surface area contributed by atoms with Gasteiger partial charge in [-0.25, -0.2) is 0 Å². The van der Waals surface area contributed by atoms with Crippen LogP contribution in [0.4, 0.5) is 0 Å². The normalized spacial score (nSPS) is 17.5. The second-order valence-electron chi connectivity index (χ2n) is 7.68. The molecule has 6 heteroatoms. The van der Waals surface area contributed by atoms with Gasteiger partial charge in [0.2, 0.25) is 0 Å². The van der Waals surface area contributed by atoms with Crippen molar-refractivity contribution < 1.29 is 14.6 Å². The third-order valence-corrected chi connectivity index (χ3v) is 5.34. The fraction of sp³-hybridized carbons (Fsp3) is 0.682. The first-order valence-electron chi connectivity index (χ1n) is 10.5. The van der Waals surface area contributed by atoms with E-state index in [1.54, 1.807) is 7.11 Å². The number of aliphatic hydroxyl groups excluding tert-OH is 1. The van der Waals surface area contributed by atoms with Crippen molar-refractivity contribution in [1.82, 2.24) is 10.6 Å². The van der Waals surface area contributed by atoms with Crippen LogP contribution in [0, 0.1) is 5.41 Å². The van der Waals surface area contributed by atoms with E-state index in [9.17, 15) is 5.11 Å². The van der Waals surface area contributed by atoms with Gasteiger partial charge in [-0.05, 0) is 37.2 Å². The van der Waals surface area contributed by atoms with E-state index in [1.807, 2.05) is 37.3 Å². The molecule has 3 N–H and O–H groups in total. The lowest BCUT2D eigenvalue weighted by Crippen LogP contribution is -2.43. The first-order chi connectivity index (χ1) is 13.7. The molecule has 1 atom stereocenters. The lowest BCUT2D eigenvalue weighted by molar-refractivity contribution is 0.0308. The number of benzene rings is 1. The standard InChI is InChI=1S/C22H37N3O3/c1-3-23-21(25-18-22(13-14-27-2)11-7-8-12-22)24-15-20(26)17-28-16-19-9-5-4-6-10-19/h4-6,9-10,20,26H,3,7-8,11-18H2,1-2H3,(H2,23,24,25). The van der Waals surface area contributed by atoms with Crippen LogP contribution in [0.5, 0.6) is 0 Å². The molecule has 0 amide bonds. The molecule has 0 heterocycles. The molecule has 0 spiro atoms. The monoisotopic (exact) mass is 391 g/mol. The molecule has 1 aromatic carbocycles. The second kappa shape index (κ2) is 12.8. The highest BCUT2D eigenvalue weighted by molar-refractivity contribution is 5.79.